The highest BCUT2D eigenvalue weighted by molar-refractivity contribution is 7.07. The van der Waals surface area contributed by atoms with Gasteiger partial charge in [-0.3, -0.25) is 4.79 Å². The van der Waals surface area contributed by atoms with E-state index in [1.165, 1.54) is 11.3 Å². The Balaban J connectivity index is 1.58. The van der Waals surface area contributed by atoms with Gasteiger partial charge in [-0.05, 0) is 18.6 Å². The third kappa shape index (κ3) is 3.08. The summed E-state index contributed by atoms with van der Waals surface area (Å²) in [6, 6.07) is 5.41. The van der Waals surface area contributed by atoms with E-state index in [1.807, 2.05) is 17.5 Å². The zero-order chi connectivity index (χ0) is 13.8. The molecule has 0 saturated heterocycles. The second kappa shape index (κ2) is 5.92. The maximum Gasteiger partial charge on any atom is 0.224 e. The first-order valence-corrected chi connectivity index (χ1v) is 7.32. The van der Waals surface area contributed by atoms with Crippen LogP contribution in [0.2, 0.25) is 0 Å². The Hall–Kier alpha value is -2.08. The van der Waals surface area contributed by atoms with Crippen LogP contribution in [0.15, 0.2) is 29.1 Å². The minimum Gasteiger partial charge on any atom is -0.486 e. The molecule has 0 saturated carbocycles. The molecule has 0 bridgehead atoms. The molecule has 0 spiro atoms. The lowest BCUT2D eigenvalue weighted by molar-refractivity contribution is -0.116. The van der Waals surface area contributed by atoms with Crippen LogP contribution >= 0.6 is 11.3 Å². The van der Waals surface area contributed by atoms with Crippen LogP contribution in [0.25, 0.3) is 0 Å². The predicted molar refractivity (Wildman–Crippen MR) is 76.5 cm³/mol. The van der Waals surface area contributed by atoms with Crippen molar-refractivity contribution in [3.8, 4) is 11.5 Å². The van der Waals surface area contributed by atoms with Crippen molar-refractivity contribution >= 4 is 22.9 Å². The summed E-state index contributed by atoms with van der Waals surface area (Å²) < 4.78 is 10.9. The van der Waals surface area contributed by atoms with Crippen molar-refractivity contribution in [1.29, 1.82) is 0 Å². The summed E-state index contributed by atoms with van der Waals surface area (Å²) in [5.74, 6) is 1.36. The van der Waals surface area contributed by atoms with Gasteiger partial charge in [0.25, 0.3) is 0 Å². The number of anilines is 1. The van der Waals surface area contributed by atoms with Crippen LogP contribution < -0.4 is 14.8 Å². The topological polar surface area (TPSA) is 60.5 Å². The minimum atomic E-state index is -0.0327. The quantitative estimate of drug-likeness (QED) is 0.939. The van der Waals surface area contributed by atoms with Gasteiger partial charge in [-0.15, -0.1) is 11.3 Å². The summed E-state index contributed by atoms with van der Waals surface area (Å²) in [7, 11) is 0. The molecule has 0 atom stereocenters. The van der Waals surface area contributed by atoms with Gasteiger partial charge in [0, 0.05) is 23.6 Å². The molecule has 6 heteroatoms. The van der Waals surface area contributed by atoms with E-state index in [0.29, 0.717) is 31.8 Å². The van der Waals surface area contributed by atoms with E-state index in [9.17, 15) is 4.79 Å². The molecule has 20 heavy (non-hydrogen) atoms. The molecule has 1 aromatic carbocycles. The third-order valence-corrected chi connectivity index (χ3v) is 3.55. The molecule has 1 aliphatic rings. The zero-order valence-corrected chi connectivity index (χ0v) is 11.6. The minimum absolute atomic E-state index is 0.0327. The van der Waals surface area contributed by atoms with Crippen molar-refractivity contribution in [3.05, 3.63) is 34.8 Å². The molecule has 0 unspecified atom stereocenters. The Kier molecular flexibility index (Phi) is 3.83. The number of benzene rings is 1. The first kappa shape index (κ1) is 12.9. The van der Waals surface area contributed by atoms with Gasteiger partial charge < -0.3 is 14.8 Å². The molecule has 0 fully saturated rings. The number of carbonyl (C=O) groups excluding carboxylic acids is 1. The third-order valence-electron chi connectivity index (χ3n) is 2.92. The van der Waals surface area contributed by atoms with E-state index in [-0.39, 0.29) is 5.91 Å². The van der Waals surface area contributed by atoms with Crippen molar-refractivity contribution in [1.82, 2.24) is 4.98 Å². The molecule has 2 heterocycles. The van der Waals surface area contributed by atoms with Crippen LogP contribution in [-0.2, 0) is 11.2 Å². The zero-order valence-electron chi connectivity index (χ0n) is 10.8. The fourth-order valence-corrected chi connectivity index (χ4v) is 2.54. The Bertz CT molecular complexity index is 598. The molecular formula is C14H14N2O3S. The van der Waals surface area contributed by atoms with Gasteiger partial charge in [0.15, 0.2) is 11.5 Å². The molecule has 0 aliphatic carbocycles. The van der Waals surface area contributed by atoms with Gasteiger partial charge >= 0.3 is 0 Å². The average molecular weight is 290 g/mol. The van der Waals surface area contributed by atoms with E-state index >= 15 is 0 Å². The molecule has 1 amide bonds. The van der Waals surface area contributed by atoms with Crippen molar-refractivity contribution in [2.45, 2.75) is 12.8 Å². The van der Waals surface area contributed by atoms with E-state index < -0.39 is 0 Å². The monoisotopic (exact) mass is 290 g/mol. The molecule has 0 radical (unpaired) electrons. The fraction of sp³-hybridized carbons (Fsp3) is 0.286. The molecule has 104 valence electrons. The summed E-state index contributed by atoms with van der Waals surface area (Å²) in [5, 5.41) is 4.81. The lowest BCUT2D eigenvalue weighted by atomic mass is 10.2. The van der Waals surface area contributed by atoms with Crippen LogP contribution in [0.1, 0.15) is 12.1 Å². The lowest BCUT2D eigenvalue weighted by Crippen LogP contribution is -2.16. The summed E-state index contributed by atoms with van der Waals surface area (Å²) >= 11 is 1.54. The van der Waals surface area contributed by atoms with Gasteiger partial charge in [-0.25, -0.2) is 4.98 Å². The number of aryl methyl sites for hydroxylation is 1. The Morgan fingerprint density at radius 1 is 1.30 bits per heavy atom. The van der Waals surface area contributed by atoms with Crippen LogP contribution in [0.5, 0.6) is 11.5 Å². The summed E-state index contributed by atoms with van der Waals surface area (Å²) in [5.41, 5.74) is 3.44. The van der Waals surface area contributed by atoms with Crippen molar-refractivity contribution in [2.75, 3.05) is 18.5 Å². The number of carbonyl (C=O) groups is 1. The molecule has 1 N–H and O–H groups in total. The number of fused-ring (bicyclic) bond motifs is 1. The number of hydrogen-bond donors (Lipinski definition) is 1. The standard InChI is InChI=1S/C14H14N2O3S/c17-14(4-2-11-8-20-9-15-11)16-10-1-3-12-13(7-10)19-6-5-18-12/h1,3,7-9H,2,4-6H2,(H,16,17). The number of rotatable bonds is 4. The number of thiazole rings is 1. The Morgan fingerprint density at radius 3 is 2.95 bits per heavy atom. The number of ether oxygens (including phenoxy) is 2. The summed E-state index contributed by atoms with van der Waals surface area (Å²) in [6.07, 6.45) is 1.07. The van der Waals surface area contributed by atoms with Crippen molar-refractivity contribution in [2.24, 2.45) is 0 Å². The number of hydrogen-bond acceptors (Lipinski definition) is 5. The van der Waals surface area contributed by atoms with Gasteiger partial charge in [-0.2, -0.15) is 0 Å². The van der Waals surface area contributed by atoms with Crippen molar-refractivity contribution in [3.63, 3.8) is 0 Å². The van der Waals surface area contributed by atoms with Gasteiger partial charge in [0.2, 0.25) is 5.91 Å². The van der Waals surface area contributed by atoms with E-state index in [4.69, 9.17) is 9.47 Å². The first-order chi connectivity index (χ1) is 9.81. The number of amides is 1. The summed E-state index contributed by atoms with van der Waals surface area (Å²) in [6.45, 7) is 1.10. The largest absolute Gasteiger partial charge is 0.486 e. The summed E-state index contributed by atoms with van der Waals surface area (Å²) in [4.78, 5) is 16.0. The normalized spacial score (nSPS) is 13.0. The SMILES string of the molecule is O=C(CCc1cscn1)Nc1ccc2c(c1)OCCO2. The Labute approximate surface area is 120 Å². The predicted octanol–water partition coefficient (Wildman–Crippen LogP) is 2.49. The maximum absolute atomic E-state index is 11.9. The highest BCUT2D eigenvalue weighted by Crippen LogP contribution is 2.32. The van der Waals surface area contributed by atoms with E-state index in [2.05, 4.69) is 10.3 Å². The second-order valence-corrected chi connectivity index (χ2v) is 5.11. The second-order valence-electron chi connectivity index (χ2n) is 4.39. The highest BCUT2D eigenvalue weighted by atomic mass is 32.1. The fourth-order valence-electron chi connectivity index (χ4n) is 1.95. The maximum atomic E-state index is 11.9. The average Bonchev–Trinajstić information content (AvgIpc) is 2.98. The number of aromatic nitrogens is 1. The molecule has 3 rings (SSSR count). The van der Waals surface area contributed by atoms with Crippen LogP contribution in [0.4, 0.5) is 5.69 Å². The smallest absolute Gasteiger partial charge is 0.224 e. The molecular weight excluding hydrogens is 276 g/mol. The molecule has 1 aliphatic heterocycles. The van der Waals surface area contributed by atoms with E-state index in [1.54, 1.807) is 11.6 Å². The number of nitrogens with one attached hydrogen (secondary N) is 1. The lowest BCUT2D eigenvalue weighted by Gasteiger charge is -2.19. The van der Waals surface area contributed by atoms with Gasteiger partial charge in [0.05, 0.1) is 11.2 Å². The number of nitrogens with zero attached hydrogens (tertiary/aromatic N) is 1. The molecule has 1 aromatic heterocycles. The van der Waals surface area contributed by atoms with Gasteiger partial charge in [0.1, 0.15) is 13.2 Å². The van der Waals surface area contributed by atoms with Crippen LogP contribution in [-0.4, -0.2) is 24.1 Å². The van der Waals surface area contributed by atoms with Crippen molar-refractivity contribution < 1.29 is 14.3 Å². The highest BCUT2D eigenvalue weighted by Gasteiger charge is 2.12. The molecule has 5 nitrogen and oxygen atoms in total. The van der Waals surface area contributed by atoms with Crippen LogP contribution in [0, 0.1) is 0 Å². The van der Waals surface area contributed by atoms with E-state index in [0.717, 1.165) is 17.1 Å². The molecule has 2 aromatic rings. The van der Waals surface area contributed by atoms with Gasteiger partial charge in [-0.1, -0.05) is 0 Å². The first-order valence-electron chi connectivity index (χ1n) is 6.38. The van der Waals surface area contributed by atoms with Crippen LogP contribution in [0.3, 0.4) is 0 Å². The Morgan fingerprint density at radius 2 is 2.15 bits per heavy atom.